The fourth-order valence-corrected chi connectivity index (χ4v) is 7.97. The van der Waals surface area contributed by atoms with Gasteiger partial charge in [-0.3, -0.25) is 14.3 Å². The van der Waals surface area contributed by atoms with E-state index < -0.39 is 17.1 Å². The number of aromatic carboxylic acids is 1. The molecule has 0 spiro atoms. The van der Waals surface area contributed by atoms with Gasteiger partial charge in [-0.15, -0.1) is 0 Å². The van der Waals surface area contributed by atoms with Crippen molar-refractivity contribution < 1.29 is 9.90 Å². The quantitative estimate of drug-likeness (QED) is 0.585. The molecule has 35 heavy (non-hydrogen) atoms. The number of hydrogen-bond donors (Lipinski definition) is 1. The van der Waals surface area contributed by atoms with Crippen molar-refractivity contribution in [2.24, 2.45) is 5.92 Å². The average molecular weight is 480 g/mol. The molecule has 190 valence electrons. The summed E-state index contributed by atoms with van der Waals surface area (Å²) in [5.74, 6) is -0.542. The number of hydrogen-bond acceptors (Lipinski definition) is 4. The van der Waals surface area contributed by atoms with E-state index in [-0.39, 0.29) is 11.2 Å². The molecule has 3 heterocycles. The molecule has 1 unspecified atom stereocenters. The van der Waals surface area contributed by atoms with Crippen molar-refractivity contribution in [3.05, 3.63) is 40.3 Å². The van der Waals surface area contributed by atoms with Crippen molar-refractivity contribution >= 4 is 17.0 Å². The van der Waals surface area contributed by atoms with Crippen molar-refractivity contribution in [1.82, 2.24) is 14.5 Å². The molecule has 1 saturated carbocycles. The van der Waals surface area contributed by atoms with Crippen LogP contribution >= 0.6 is 0 Å². The normalized spacial score (nSPS) is 29.0. The predicted molar refractivity (Wildman–Crippen MR) is 139 cm³/mol. The summed E-state index contributed by atoms with van der Waals surface area (Å²) in [6, 6.07) is 8.31. The van der Waals surface area contributed by atoms with Gasteiger partial charge in [0.1, 0.15) is 0 Å². The maximum absolute atomic E-state index is 13.6. The number of benzene rings is 1. The van der Waals surface area contributed by atoms with E-state index in [1.807, 2.05) is 24.3 Å². The first-order valence-electron chi connectivity index (χ1n) is 13.8. The SMILES string of the molecule is CC(C)(C1CCCCCCC1)N1[C@@H]2CCC[C@H]1CC(C)(n1c(=O)c(C(=O)O)nc3ccccc31)C2. The summed E-state index contributed by atoms with van der Waals surface area (Å²) in [5.41, 5.74) is 0.180. The van der Waals surface area contributed by atoms with Crippen LogP contribution in [0.2, 0.25) is 0 Å². The number of para-hydroxylation sites is 2. The lowest BCUT2D eigenvalue weighted by Gasteiger charge is -2.60. The number of piperidine rings is 2. The maximum Gasteiger partial charge on any atom is 0.360 e. The van der Waals surface area contributed by atoms with Gasteiger partial charge in [-0.25, -0.2) is 9.78 Å². The number of carbonyl (C=O) groups is 1. The Hall–Kier alpha value is -2.21. The third-order valence-electron chi connectivity index (χ3n) is 9.48. The van der Waals surface area contributed by atoms with Crippen molar-refractivity contribution in [3.8, 4) is 0 Å². The first kappa shape index (κ1) is 24.5. The second kappa shape index (κ2) is 9.34. The molecule has 5 rings (SSSR count). The van der Waals surface area contributed by atoms with Gasteiger partial charge < -0.3 is 5.11 Å². The molecule has 6 heteroatoms. The number of fused-ring (bicyclic) bond motifs is 3. The largest absolute Gasteiger partial charge is 0.476 e. The van der Waals surface area contributed by atoms with Crippen LogP contribution in [0.4, 0.5) is 0 Å². The summed E-state index contributed by atoms with van der Waals surface area (Å²) >= 11 is 0. The highest BCUT2D eigenvalue weighted by Crippen LogP contribution is 2.49. The molecule has 0 radical (unpaired) electrons. The van der Waals surface area contributed by atoms with Gasteiger partial charge in [0.05, 0.1) is 11.0 Å². The summed E-state index contributed by atoms with van der Waals surface area (Å²) < 4.78 is 1.80. The second-order valence-electron chi connectivity index (χ2n) is 12.1. The smallest absolute Gasteiger partial charge is 0.360 e. The molecule has 3 aliphatic rings. The summed E-state index contributed by atoms with van der Waals surface area (Å²) in [6.07, 6.45) is 14.7. The van der Waals surface area contributed by atoms with Crippen LogP contribution in [0.5, 0.6) is 0 Å². The molecule has 1 N–H and O–H groups in total. The van der Waals surface area contributed by atoms with Crippen LogP contribution in [-0.2, 0) is 5.54 Å². The van der Waals surface area contributed by atoms with E-state index in [0.717, 1.165) is 31.2 Å². The molecule has 1 aromatic carbocycles. The highest BCUT2D eigenvalue weighted by Gasteiger charge is 2.51. The van der Waals surface area contributed by atoms with Gasteiger partial charge in [0.25, 0.3) is 5.56 Å². The standard InChI is InChI=1S/C29H41N3O3/c1-28(2,20-12-7-5-4-6-8-13-20)31-21-14-11-15-22(31)19-29(3,18-21)32-24-17-10-9-16-23(24)30-25(26(32)33)27(34)35/h9-10,16-17,20-22H,4-8,11-15,18-19H2,1-3H3,(H,34,35)/t21-,22+,29?. The zero-order valence-electron chi connectivity index (χ0n) is 21.6. The van der Waals surface area contributed by atoms with E-state index in [1.54, 1.807) is 4.57 Å². The topological polar surface area (TPSA) is 75.4 Å². The van der Waals surface area contributed by atoms with E-state index in [9.17, 15) is 14.7 Å². The van der Waals surface area contributed by atoms with Crippen LogP contribution in [0, 0.1) is 5.92 Å². The molecule has 2 saturated heterocycles. The lowest BCUT2D eigenvalue weighted by atomic mass is 9.68. The molecule has 1 aromatic heterocycles. The van der Waals surface area contributed by atoms with Crippen LogP contribution in [0.1, 0.15) is 108 Å². The zero-order valence-corrected chi connectivity index (χ0v) is 21.6. The van der Waals surface area contributed by atoms with Crippen LogP contribution < -0.4 is 5.56 Å². The molecule has 2 aliphatic heterocycles. The highest BCUT2D eigenvalue weighted by atomic mass is 16.4. The van der Waals surface area contributed by atoms with Crippen LogP contribution in [-0.4, -0.2) is 43.1 Å². The minimum Gasteiger partial charge on any atom is -0.476 e. The second-order valence-corrected chi connectivity index (χ2v) is 12.1. The lowest BCUT2D eigenvalue weighted by molar-refractivity contribution is -0.0994. The van der Waals surface area contributed by atoms with E-state index in [0.29, 0.717) is 23.5 Å². The van der Waals surface area contributed by atoms with Crippen molar-refractivity contribution in [3.63, 3.8) is 0 Å². The van der Waals surface area contributed by atoms with E-state index in [2.05, 4.69) is 30.7 Å². The third-order valence-corrected chi connectivity index (χ3v) is 9.48. The number of carboxylic acid groups (broad SMARTS) is 1. The third kappa shape index (κ3) is 4.32. The number of nitrogens with zero attached hydrogens (tertiary/aromatic N) is 3. The Morgan fingerprint density at radius 2 is 1.57 bits per heavy atom. The highest BCUT2D eigenvalue weighted by molar-refractivity contribution is 5.88. The molecule has 0 amide bonds. The van der Waals surface area contributed by atoms with Gasteiger partial charge in [0.15, 0.2) is 0 Å². The van der Waals surface area contributed by atoms with Crippen molar-refractivity contribution in [2.45, 2.75) is 121 Å². The first-order chi connectivity index (χ1) is 16.7. The number of aromatic nitrogens is 2. The van der Waals surface area contributed by atoms with Crippen LogP contribution in [0.25, 0.3) is 11.0 Å². The van der Waals surface area contributed by atoms with Crippen LogP contribution in [0.15, 0.2) is 29.1 Å². The fraction of sp³-hybridized carbons (Fsp3) is 0.690. The van der Waals surface area contributed by atoms with Gasteiger partial charge in [-0.05, 0) is 77.3 Å². The maximum atomic E-state index is 13.6. The molecule has 2 bridgehead atoms. The molecule has 3 atom stereocenters. The molecule has 3 fully saturated rings. The molecule has 6 nitrogen and oxygen atoms in total. The Kier molecular flexibility index (Phi) is 6.54. The average Bonchev–Trinajstić information content (AvgIpc) is 2.77. The molecule has 1 aliphatic carbocycles. The van der Waals surface area contributed by atoms with Crippen molar-refractivity contribution in [2.75, 3.05) is 0 Å². The zero-order chi connectivity index (χ0) is 24.8. The summed E-state index contributed by atoms with van der Waals surface area (Å²) in [4.78, 5) is 32.5. The Morgan fingerprint density at radius 1 is 0.971 bits per heavy atom. The van der Waals surface area contributed by atoms with Crippen molar-refractivity contribution in [1.29, 1.82) is 0 Å². The van der Waals surface area contributed by atoms with Gasteiger partial charge in [-0.2, -0.15) is 0 Å². The molecule has 2 aromatic rings. The number of rotatable bonds is 4. The summed E-state index contributed by atoms with van der Waals surface area (Å²) in [5, 5.41) is 9.75. The lowest BCUT2D eigenvalue weighted by Crippen LogP contribution is -2.66. The van der Waals surface area contributed by atoms with Gasteiger partial charge in [0, 0.05) is 23.2 Å². The fourth-order valence-electron chi connectivity index (χ4n) is 7.97. The van der Waals surface area contributed by atoms with Gasteiger partial charge in [-0.1, -0.05) is 50.7 Å². The molecular weight excluding hydrogens is 438 g/mol. The van der Waals surface area contributed by atoms with E-state index in [1.165, 1.54) is 51.4 Å². The van der Waals surface area contributed by atoms with Gasteiger partial charge in [0.2, 0.25) is 5.69 Å². The Morgan fingerprint density at radius 3 is 2.20 bits per heavy atom. The number of carboxylic acids is 1. The Balaban J connectivity index is 1.54. The monoisotopic (exact) mass is 479 g/mol. The van der Waals surface area contributed by atoms with Gasteiger partial charge >= 0.3 is 5.97 Å². The van der Waals surface area contributed by atoms with E-state index in [4.69, 9.17) is 0 Å². The molecular formula is C29H41N3O3. The summed E-state index contributed by atoms with van der Waals surface area (Å²) in [6.45, 7) is 7.13. The Labute approximate surface area is 208 Å². The minimum atomic E-state index is -1.25. The summed E-state index contributed by atoms with van der Waals surface area (Å²) in [7, 11) is 0. The van der Waals surface area contributed by atoms with E-state index >= 15 is 0 Å². The Bertz CT molecular complexity index is 1130. The minimum absolute atomic E-state index is 0.131. The predicted octanol–water partition coefficient (Wildman–Crippen LogP) is 5.97. The van der Waals surface area contributed by atoms with Crippen LogP contribution in [0.3, 0.4) is 0 Å². The first-order valence-corrected chi connectivity index (χ1v) is 13.8.